The summed E-state index contributed by atoms with van der Waals surface area (Å²) in [5.41, 5.74) is 0.983. The zero-order valence-corrected chi connectivity index (χ0v) is 12.3. The fraction of sp³-hybridized carbons (Fsp3) is 0.400. The molecular formula is C15H19N5O. The van der Waals surface area contributed by atoms with E-state index in [4.69, 9.17) is 4.42 Å². The fourth-order valence-electron chi connectivity index (χ4n) is 2.31. The van der Waals surface area contributed by atoms with E-state index in [1.807, 2.05) is 46.9 Å². The monoisotopic (exact) mass is 285 g/mol. The van der Waals surface area contributed by atoms with Crippen molar-refractivity contribution >= 4 is 0 Å². The molecule has 3 aromatic rings. The van der Waals surface area contributed by atoms with E-state index < -0.39 is 0 Å². The van der Waals surface area contributed by atoms with E-state index in [0.29, 0.717) is 5.92 Å². The molecular weight excluding hydrogens is 266 g/mol. The third-order valence-electron chi connectivity index (χ3n) is 3.47. The van der Waals surface area contributed by atoms with Crippen molar-refractivity contribution in [2.45, 2.75) is 39.3 Å². The minimum atomic E-state index is 0.301. The van der Waals surface area contributed by atoms with Crippen LogP contribution in [0.15, 0.2) is 41.2 Å². The van der Waals surface area contributed by atoms with E-state index in [0.717, 1.165) is 36.7 Å². The standard InChI is InChI=1S/C15H19N5O/c1-12(15-5-4-13(2)21-15)10-14-11-20(18-17-14)9-8-19-7-3-6-16-19/h3-7,11-12H,8-10H2,1-2H3/t12-/m0/s1. The second kappa shape index (κ2) is 5.95. The zero-order valence-electron chi connectivity index (χ0n) is 12.3. The van der Waals surface area contributed by atoms with E-state index in [2.05, 4.69) is 22.3 Å². The minimum absolute atomic E-state index is 0.301. The molecule has 0 radical (unpaired) electrons. The van der Waals surface area contributed by atoms with Gasteiger partial charge in [0.2, 0.25) is 0 Å². The van der Waals surface area contributed by atoms with Crippen LogP contribution in [0.25, 0.3) is 0 Å². The van der Waals surface area contributed by atoms with Crippen molar-refractivity contribution in [1.82, 2.24) is 24.8 Å². The summed E-state index contributed by atoms with van der Waals surface area (Å²) in [6.07, 6.45) is 6.55. The summed E-state index contributed by atoms with van der Waals surface area (Å²) in [6.45, 7) is 5.66. The predicted octanol–water partition coefficient (Wildman–Crippen LogP) is 2.42. The lowest BCUT2D eigenvalue weighted by molar-refractivity contribution is 0.450. The van der Waals surface area contributed by atoms with Gasteiger partial charge in [0.1, 0.15) is 11.5 Å². The molecule has 0 amide bonds. The molecule has 0 N–H and O–H groups in total. The highest BCUT2D eigenvalue weighted by atomic mass is 16.3. The first kappa shape index (κ1) is 13.6. The maximum Gasteiger partial charge on any atom is 0.107 e. The zero-order chi connectivity index (χ0) is 14.7. The molecule has 1 atom stereocenters. The van der Waals surface area contributed by atoms with Gasteiger partial charge < -0.3 is 4.42 Å². The molecule has 0 aliphatic heterocycles. The number of hydrogen-bond acceptors (Lipinski definition) is 4. The smallest absolute Gasteiger partial charge is 0.107 e. The number of furan rings is 1. The van der Waals surface area contributed by atoms with Gasteiger partial charge in [-0.05, 0) is 25.1 Å². The molecule has 0 aromatic carbocycles. The summed E-state index contributed by atoms with van der Waals surface area (Å²) in [4.78, 5) is 0. The van der Waals surface area contributed by atoms with Crippen molar-refractivity contribution in [1.29, 1.82) is 0 Å². The Morgan fingerprint density at radius 3 is 2.81 bits per heavy atom. The third kappa shape index (κ3) is 3.39. The molecule has 6 nitrogen and oxygen atoms in total. The van der Waals surface area contributed by atoms with Gasteiger partial charge in [-0.25, -0.2) is 0 Å². The number of aryl methyl sites for hydroxylation is 3. The van der Waals surface area contributed by atoms with Crippen LogP contribution >= 0.6 is 0 Å². The van der Waals surface area contributed by atoms with Gasteiger partial charge >= 0.3 is 0 Å². The average molecular weight is 285 g/mol. The van der Waals surface area contributed by atoms with Crippen LogP contribution in [-0.4, -0.2) is 24.8 Å². The molecule has 0 fully saturated rings. The van der Waals surface area contributed by atoms with Gasteiger partial charge in [-0.1, -0.05) is 12.1 Å². The lowest BCUT2D eigenvalue weighted by atomic mass is 10.0. The van der Waals surface area contributed by atoms with Gasteiger partial charge in [-0.2, -0.15) is 5.10 Å². The Hall–Kier alpha value is -2.37. The van der Waals surface area contributed by atoms with Gasteiger partial charge in [0.15, 0.2) is 0 Å². The molecule has 0 aliphatic carbocycles. The Labute approximate surface area is 123 Å². The number of rotatable bonds is 6. The third-order valence-corrected chi connectivity index (χ3v) is 3.47. The summed E-state index contributed by atoms with van der Waals surface area (Å²) >= 11 is 0. The van der Waals surface area contributed by atoms with Crippen molar-refractivity contribution in [3.8, 4) is 0 Å². The van der Waals surface area contributed by atoms with Crippen molar-refractivity contribution in [3.63, 3.8) is 0 Å². The molecule has 3 rings (SSSR count). The maximum atomic E-state index is 5.65. The average Bonchev–Trinajstić information content (AvgIpc) is 3.17. The molecule has 0 aliphatic rings. The van der Waals surface area contributed by atoms with Crippen LogP contribution in [0.3, 0.4) is 0 Å². The quantitative estimate of drug-likeness (QED) is 0.698. The SMILES string of the molecule is Cc1ccc([C@@H](C)Cc2cn(CCn3cccn3)nn2)o1. The normalized spacial score (nSPS) is 12.7. The van der Waals surface area contributed by atoms with E-state index >= 15 is 0 Å². The number of aromatic nitrogens is 5. The van der Waals surface area contributed by atoms with Crippen molar-refractivity contribution in [3.05, 3.63) is 54.0 Å². The second-order valence-corrected chi connectivity index (χ2v) is 5.30. The largest absolute Gasteiger partial charge is 0.466 e. The molecule has 0 spiro atoms. The van der Waals surface area contributed by atoms with Crippen molar-refractivity contribution in [2.24, 2.45) is 0 Å². The molecule has 0 saturated heterocycles. The van der Waals surface area contributed by atoms with Crippen LogP contribution < -0.4 is 0 Å². The Kier molecular flexibility index (Phi) is 3.85. The van der Waals surface area contributed by atoms with Gasteiger partial charge in [0.05, 0.1) is 18.8 Å². The lowest BCUT2D eigenvalue weighted by Gasteiger charge is -2.05. The fourth-order valence-corrected chi connectivity index (χ4v) is 2.31. The molecule has 3 heterocycles. The highest BCUT2D eigenvalue weighted by molar-refractivity contribution is 5.12. The first-order chi connectivity index (χ1) is 10.2. The van der Waals surface area contributed by atoms with Crippen LogP contribution in [0.2, 0.25) is 0 Å². The van der Waals surface area contributed by atoms with E-state index in [9.17, 15) is 0 Å². The lowest BCUT2D eigenvalue weighted by Crippen LogP contribution is -2.08. The van der Waals surface area contributed by atoms with E-state index in [1.54, 1.807) is 6.20 Å². The van der Waals surface area contributed by atoms with Gasteiger partial charge in [0.25, 0.3) is 0 Å². The van der Waals surface area contributed by atoms with Crippen molar-refractivity contribution in [2.75, 3.05) is 0 Å². The second-order valence-electron chi connectivity index (χ2n) is 5.30. The molecule has 6 heteroatoms. The first-order valence-corrected chi connectivity index (χ1v) is 7.13. The Morgan fingerprint density at radius 2 is 2.10 bits per heavy atom. The Balaban J connectivity index is 1.57. The van der Waals surface area contributed by atoms with E-state index in [1.165, 1.54) is 0 Å². The first-order valence-electron chi connectivity index (χ1n) is 7.13. The highest BCUT2D eigenvalue weighted by Gasteiger charge is 2.12. The number of nitrogens with zero attached hydrogens (tertiary/aromatic N) is 5. The molecule has 21 heavy (non-hydrogen) atoms. The highest BCUT2D eigenvalue weighted by Crippen LogP contribution is 2.21. The molecule has 3 aromatic heterocycles. The Bertz CT molecular complexity index is 683. The topological polar surface area (TPSA) is 61.7 Å². The number of hydrogen-bond donors (Lipinski definition) is 0. The van der Waals surface area contributed by atoms with Crippen LogP contribution in [0.4, 0.5) is 0 Å². The van der Waals surface area contributed by atoms with Crippen LogP contribution in [0, 0.1) is 6.92 Å². The van der Waals surface area contributed by atoms with Gasteiger partial charge in [0, 0.05) is 30.9 Å². The van der Waals surface area contributed by atoms with Gasteiger partial charge in [-0.3, -0.25) is 9.36 Å². The Morgan fingerprint density at radius 1 is 1.24 bits per heavy atom. The summed E-state index contributed by atoms with van der Waals surface area (Å²) in [6, 6.07) is 5.94. The van der Waals surface area contributed by atoms with Crippen LogP contribution in [-0.2, 0) is 19.5 Å². The van der Waals surface area contributed by atoms with Crippen LogP contribution in [0.5, 0.6) is 0 Å². The predicted molar refractivity (Wildman–Crippen MR) is 77.8 cm³/mol. The minimum Gasteiger partial charge on any atom is -0.466 e. The van der Waals surface area contributed by atoms with E-state index in [-0.39, 0.29) is 0 Å². The van der Waals surface area contributed by atoms with Gasteiger partial charge in [-0.15, -0.1) is 5.10 Å². The summed E-state index contributed by atoms with van der Waals surface area (Å²) < 4.78 is 9.40. The summed E-state index contributed by atoms with van der Waals surface area (Å²) in [7, 11) is 0. The molecule has 0 unspecified atom stereocenters. The summed E-state index contributed by atoms with van der Waals surface area (Å²) in [5, 5.41) is 12.6. The maximum absolute atomic E-state index is 5.65. The van der Waals surface area contributed by atoms with Crippen LogP contribution in [0.1, 0.15) is 30.1 Å². The molecule has 0 bridgehead atoms. The van der Waals surface area contributed by atoms with Crippen molar-refractivity contribution < 1.29 is 4.42 Å². The molecule has 110 valence electrons. The molecule has 0 saturated carbocycles. The summed E-state index contributed by atoms with van der Waals surface area (Å²) in [5.74, 6) is 2.24.